The van der Waals surface area contributed by atoms with Gasteiger partial charge in [0.05, 0.1) is 11.8 Å². The second kappa shape index (κ2) is 4.77. The zero-order chi connectivity index (χ0) is 14.3. The third kappa shape index (κ3) is 1.83. The number of fused-ring (bicyclic) bond motifs is 1. The number of nitrogens with zero attached hydrogens (tertiary/aromatic N) is 2. The third-order valence-electron chi connectivity index (χ3n) is 3.91. The van der Waals surface area contributed by atoms with Gasteiger partial charge >= 0.3 is 0 Å². The van der Waals surface area contributed by atoms with Gasteiger partial charge in [-0.15, -0.1) is 0 Å². The van der Waals surface area contributed by atoms with E-state index in [1.54, 1.807) is 12.1 Å². The van der Waals surface area contributed by atoms with Crippen molar-refractivity contribution < 1.29 is 9.50 Å². The maximum atomic E-state index is 13.8. The van der Waals surface area contributed by atoms with Crippen LogP contribution in [0.2, 0.25) is 0 Å². The van der Waals surface area contributed by atoms with Crippen molar-refractivity contribution >= 4 is 0 Å². The fourth-order valence-corrected chi connectivity index (χ4v) is 3.02. The second-order valence-electron chi connectivity index (χ2n) is 5.18. The number of aryl methyl sites for hydroxylation is 1. The van der Waals surface area contributed by atoms with Crippen molar-refractivity contribution in [1.82, 2.24) is 4.57 Å². The summed E-state index contributed by atoms with van der Waals surface area (Å²) in [7, 11) is 0. The van der Waals surface area contributed by atoms with E-state index < -0.39 is 11.9 Å². The molecule has 0 radical (unpaired) electrons. The second-order valence-corrected chi connectivity index (χ2v) is 5.18. The van der Waals surface area contributed by atoms with Crippen LogP contribution in [0.3, 0.4) is 0 Å². The zero-order valence-corrected chi connectivity index (χ0v) is 11.2. The average Bonchev–Trinajstić information content (AvgIpc) is 2.76. The first-order valence-corrected chi connectivity index (χ1v) is 6.71. The molecule has 0 bridgehead atoms. The minimum absolute atomic E-state index is 0.0501. The lowest BCUT2D eigenvalue weighted by molar-refractivity contribution is 0.156. The molecule has 3 rings (SSSR count). The number of aliphatic hydroxyl groups is 1. The van der Waals surface area contributed by atoms with Crippen molar-refractivity contribution in [2.45, 2.75) is 32.3 Å². The molecule has 0 saturated heterocycles. The molecule has 102 valence electrons. The standard InChI is InChI=1S/C16H15FN2O/c1-10-8-11-14(6-3-7-16(11)20)19(10)15-5-2-4-13(17)12(15)9-18/h2,4-5,8,16,20H,3,6-7H2,1H3. The summed E-state index contributed by atoms with van der Waals surface area (Å²) in [6.45, 7) is 1.91. The molecule has 0 aliphatic heterocycles. The van der Waals surface area contributed by atoms with Crippen molar-refractivity contribution in [1.29, 1.82) is 5.26 Å². The maximum absolute atomic E-state index is 13.8. The Bertz CT molecular complexity index is 712. The summed E-state index contributed by atoms with van der Waals surface area (Å²) in [6.07, 6.45) is 2.03. The molecule has 4 heteroatoms. The molecule has 0 fully saturated rings. The molecule has 0 amide bonds. The SMILES string of the molecule is Cc1cc2c(n1-c1cccc(F)c1C#N)CCCC2O. The van der Waals surface area contributed by atoms with Gasteiger partial charge in [-0.25, -0.2) is 4.39 Å². The quantitative estimate of drug-likeness (QED) is 0.865. The number of aliphatic hydroxyl groups excluding tert-OH is 1. The zero-order valence-electron chi connectivity index (χ0n) is 11.2. The van der Waals surface area contributed by atoms with E-state index in [9.17, 15) is 14.8 Å². The molecular weight excluding hydrogens is 255 g/mol. The summed E-state index contributed by atoms with van der Waals surface area (Å²) in [4.78, 5) is 0. The van der Waals surface area contributed by atoms with Crippen LogP contribution in [0.15, 0.2) is 24.3 Å². The van der Waals surface area contributed by atoms with E-state index in [0.29, 0.717) is 5.69 Å². The highest BCUT2D eigenvalue weighted by molar-refractivity contribution is 5.53. The molecule has 1 aromatic carbocycles. The molecule has 1 N–H and O–H groups in total. The third-order valence-corrected chi connectivity index (χ3v) is 3.91. The minimum Gasteiger partial charge on any atom is -0.388 e. The van der Waals surface area contributed by atoms with Gasteiger partial charge in [0.15, 0.2) is 0 Å². The molecule has 1 unspecified atom stereocenters. The van der Waals surface area contributed by atoms with E-state index >= 15 is 0 Å². The number of hydrogen-bond donors (Lipinski definition) is 1. The van der Waals surface area contributed by atoms with Crippen LogP contribution in [0.5, 0.6) is 0 Å². The Morgan fingerprint density at radius 2 is 2.25 bits per heavy atom. The topological polar surface area (TPSA) is 49.0 Å². The summed E-state index contributed by atoms with van der Waals surface area (Å²) >= 11 is 0. The fourth-order valence-electron chi connectivity index (χ4n) is 3.02. The summed E-state index contributed by atoms with van der Waals surface area (Å²) < 4.78 is 15.7. The molecule has 0 saturated carbocycles. The van der Waals surface area contributed by atoms with E-state index in [-0.39, 0.29) is 5.56 Å². The van der Waals surface area contributed by atoms with Gasteiger partial charge in [0.25, 0.3) is 0 Å². The molecule has 1 aliphatic carbocycles. The summed E-state index contributed by atoms with van der Waals surface area (Å²) in [6, 6.07) is 8.52. The molecule has 3 nitrogen and oxygen atoms in total. The first-order chi connectivity index (χ1) is 9.63. The highest BCUT2D eigenvalue weighted by atomic mass is 19.1. The van der Waals surface area contributed by atoms with Gasteiger partial charge in [0.2, 0.25) is 0 Å². The predicted octanol–water partition coefficient (Wildman–Crippen LogP) is 3.17. The van der Waals surface area contributed by atoms with Crippen LogP contribution in [-0.4, -0.2) is 9.67 Å². The predicted molar refractivity (Wildman–Crippen MR) is 73.1 cm³/mol. The van der Waals surface area contributed by atoms with Gasteiger partial charge in [0, 0.05) is 17.0 Å². The van der Waals surface area contributed by atoms with Crippen molar-refractivity contribution in [3.63, 3.8) is 0 Å². The van der Waals surface area contributed by atoms with Crippen LogP contribution < -0.4 is 0 Å². The van der Waals surface area contributed by atoms with Crippen LogP contribution in [-0.2, 0) is 6.42 Å². The van der Waals surface area contributed by atoms with Crippen LogP contribution in [0.1, 0.15) is 41.5 Å². The van der Waals surface area contributed by atoms with Crippen LogP contribution in [0.4, 0.5) is 4.39 Å². The van der Waals surface area contributed by atoms with Crippen LogP contribution in [0, 0.1) is 24.1 Å². The lowest BCUT2D eigenvalue weighted by atomic mass is 9.95. The van der Waals surface area contributed by atoms with E-state index in [2.05, 4.69) is 0 Å². The van der Waals surface area contributed by atoms with E-state index in [1.807, 2.05) is 23.6 Å². The normalized spacial score (nSPS) is 17.6. The first kappa shape index (κ1) is 12.9. The van der Waals surface area contributed by atoms with Crippen molar-refractivity contribution in [3.05, 3.63) is 52.6 Å². The largest absolute Gasteiger partial charge is 0.388 e. The van der Waals surface area contributed by atoms with Gasteiger partial charge in [-0.2, -0.15) is 5.26 Å². The number of halogens is 1. The van der Waals surface area contributed by atoms with Gasteiger partial charge in [-0.1, -0.05) is 6.07 Å². The Kier molecular flexibility index (Phi) is 3.07. The molecule has 0 spiro atoms. The Morgan fingerprint density at radius 3 is 3.00 bits per heavy atom. The van der Waals surface area contributed by atoms with Gasteiger partial charge in [0.1, 0.15) is 17.4 Å². The highest BCUT2D eigenvalue weighted by Gasteiger charge is 2.25. The molecular formula is C16H15FN2O. The Balaban J connectivity index is 2.27. The summed E-state index contributed by atoms with van der Waals surface area (Å²) in [5.74, 6) is -0.511. The van der Waals surface area contributed by atoms with Gasteiger partial charge in [-0.05, 0) is 44.4 Å². The van der Waals surface area contributed by atoms with Crippen molar-refractivity contribution in [3.8, 4) is 11.8 Å². The molecule has 1 heterocycles. The molecule has 20 heavy (non-hydrogen) atoms. The highest BCUT2D eigenvalue weighted by Crippen LogP contribution is 2.34. The lowest BCUT2D eigenvalue weighted by Crippen LogP contribution is -2.12. The van der Waals surface area contributed by atoms with Crippen LogP contribution in [0.25, 0.3) is 5.69 Å². The summed E-state index contributed by atoms with van der Waals surface area (Å²) in [5, 5.41) is 19.3. The number of rotatable bonds is 1. The number of hydrogen-bond acceptors (Lipinski definition) is 2. The van der Waals surface area contributed by atoms with Crippen molar-refractivity contribution in [2.75, 3.05) is 0 Å². The number of nitriles is 1. The Morgan fingerprint density at radius 1 is 1.45 bits per heavy atom. The summed E-state index contributed by atoms with van der Waals surface area (Å²) in [5.41, 5.74) is 3.41. The van der Waals surface area contributed by atoms with E-state index in [0.717, 1.165) is 36.2 Å². The van der Waals surface area contributed by atoms with Crippen LogP contribution >= 0.6 is 0 Å². The molecule has 2 aromatic rings. The number of aromatic nitrogens is 1. The van der Waals surface area contributed by atoms with E-state index in [1.165, 1.54) is 6.07 Å². The minimum atomic E-state index is -0.511. The molecule has 1 aliphatic rings. The first-order valence-electron chi connectivity index (χ1n) is 6.71. The average molecular weight is 270 g/mol. The maximum Gasteiger partial charge on any atom is 0.143 e. The van der Waals surface area contributed by atoms with E-state index in [4.69, 9.17) is 0 Å². The van der Waals surface area contributed by atoms with Gasteiger partial charge in [-0.3, -0.25) is 0 Å². The van der Waals surface area contributed by atoms with Crippen molar-refractivity contribution in [2.24, 2.45) is 0 Å². The number of benzene rings is 1. The monoisotopic (exact) mass is 270 g/mol. The smallest absolute Gasteiger partial charge is 0.143 e. The fraction of sp³-hybridized carbons (Fsp3) is 0.312. The lowest BCUT2D eigenvalue weighted by Gasteiger charge is -2.21. The molecule has 1 aromatic heterocycles. The Labute approximate surface area is 116 Å². The molecule has 1 atom stereocenters. The Hall–Kier alpha value is -2.12. The van der Waals surface area contributed by atoms with Gasteiger partial charge < -0.3 is 9.67 Å².